The van der Waals surface area contributed by atoms with Crippen LogP contribution in [0.2, 0.25) is 0 Å². The van der Waals surface area contributed by atoms with Gasteiger partial charge in [-0.3, -0.25) is 0 Å². The molecule has 0 unspecified atom stereocenters. The van der Waals surface area contributed by atoms with E-state index in [1.54, 1.807) is 0 Å². The Balaban J connectivity index is 2.67. The average Bonchev–Trinajstić information content (AvgIpc) is 2.19. The van der Waals surface area contributed by atoms with Crippen LogP contribution in [0.1, 0.15) is 0 Å². The van der Waals surface area contributed by atoms with Crippen molar-refractivity contribution in [2.24, 2.45) is 0 Å². The molecule has 1 aromatic heterocycles. The standard InChI is InChI=1S/C3H2N4S/c4-1-8-7-3-5-2-6-7/h2-3H. The largest absolute Gasteiger partial charge is 0.222 e. The fourth-order valence-electron chi connectivity index (χ4n) is 0.286. The number of thiocyanates is 1. The second kappa shape index (κ2) is 2.33. The van der Waals surface area contributed by atoms with Gasteiger partial charge in [0.05, 0.1) is 11.9 Å². The van der Waals surface area contributed by atoms with E-state index in [1.807, 2.05) is 5.40 Å². The van der Waals surface area contributed by atoms with Gasteiger partial charge in [0.15, 0.2) is 5.40 Å². The average molecular weight is 126 g/mol. The first-order chi connectivity index (χ1) is 3.93. The summed E-state index contributed by atoms with van der Waals surface area (Å²) in [6.07, 6.45) is 2.85. The SMILES string of the molecule is N#CSn1cncn1. The van der Waals surface area contributed by atoms with Crippen LogP contribution in [0.5, 0.6) is 0 Å². The smallest absolute Gasteiger partial charge is 0.157 e. The summed E-state index contributed by atoms with van der Waals surface area (Å²) in [5.74, 6) is 0. The lowest BCUT2D eigenvalue weighted by Gasteiger charge is -1.80. The number of aromatic nitrogens is 3. The van der Waals surface area contributed by atoms with Crippen LogP contribution >= 0.6 is 11.9 Å². The highest BCUT2D eigenvalue weighted by atomic mass is 32.2. The predicted molar refractivity (Wildman–Crippen MR) is 28.6 cm³/mol. The number of nitriles is 1. The quantitative estimate of drug-likeness (QED) is 0.506. The van der Waals surface area contributed by atoms with Crippen LogP contribution in [0.4, 0.5) is 0 Å². The fourth-order valence-corrected chi connectivity index (χ4v) is 0.561. The topological polar surface area (TPSA) is 54.5 Å². The molecule has 0 radical (unpaired) electrons. The fraction of sp³-hybridized carbons (Fsp3) is 0. The van der Waals surface area contributed by atoms with Gasteiger partial charge in [-0.1, -0.05) is 0 Å². The highest BCUT2D eigenvalue weighted by molar-refractivity contribution is 8.02. The zero-order valence-corrected chi connectivity index (χ0v) is 4.67. The lowest BCUT2D eigenvalue weighted by molar-refractivity contribution is 1.01. The van der Waals surface area contributed by atoms with Crippen molar-refractivity contribution in [1.82, 2.24) is 14.2 Å². The molecule has 0 saturated heterocycles. The molecule has 0 spiro atoms. The van der Waals surface area contributed by atoms with Crippen LogP contribution in [0.15, 0.2) is 12.7 Å². The molecule has 0 aliphatic carbocycles. The first kappa shape index (κ1) is 5.12. The van der Waals surface area contributed by atoms with Gasteiger partial charge in [0.2, 0.25) is 0 Å². The second-order valence-electron chi connectivity index (χ2n) is 0.981. The van der Waals surface area contributed by atoms with Crippen LogP contribution in [0.25, 0.3) is 0 Å². The second-order valence-corrected chi connectivity index (χ2v) is 1.72. The summed E-state index contributed by atoms with van der Waals surface area (Å²) >= 11 is 0.931. The van der Waals surface area contributed by atoms with E-state index in [-0.39, 0.29) is 0 Å². The van der Waals surface area contributed by atoms with E-state index in [1.165, 1.54) is 16.7 Å². The highest BCUT2D eigenvalue weighted by Gasteiger charge is 1.84. The summed E-state index contributed by atoms with van der Waals surface area (Å²) in [4.78, 5) is 3.62. The van der Waals surface area contributed by atoms with Crippen LogP contribution in [-0.4, -0.2) is 14.2 Å². The summed E-state index contributed by atoms with van der Waals surface area (Å²) in [5.41, 5.74) is 0. The van der Waals surface area contributed by atoms with E-state index in [2.05, 4.69) is 10.1 Å². The van der Waals surface area contributed by atoms with Gasteiger partial charge in [-0.15, -0.1) is 5.10 Å². The normalized spacial score (nSPS) is 8.38. The van der Waals surface area contributed by atoms with E-state index in [4.69, 9.17) is 5.26 Å². The highest BCUT2D eigenvalue weighted by Crippen LogP contribution is 1.95. The molecule has 0 saturated carbocycles. The molecular formula is C3H2N4S. The summed E-state index contributed by atoms with van der Waals surface area (Å²) in [6, 6.07) is 0. The van der Waals surface area contributed by atoms with Crippen LogP contribution in [0, 0.1) is 10.7 Å². The molecule has 0 bridgehead atoms. The van der Waals surface area contributed by atoms with Crippen molar-refractivity contribution in [2.45, 2.75) is 0 Å². The minimum Gasteiger partial charge on any atom is -0.222 e. The number of nitrogens with zero attached hydrogens (tertiary/aromatic N) is 4. The molecule has 1 heterocycles. The molecular weight excluding hydrogens is 124 g/mol. The lowest BCUT2D eigenvalue weighted by Crippen LogP contribution is -1.80. The van der Waals surface area contributed by atoms with E-state index in [9.17, 15) is 0 Å². The van der Waals surface area contributed by atoms with Gasteiger partial charge in [0, 0.05) is 0 Å². The lowest BCUT2D eigenvalue weighted by atomic mass is 11.3. The summed E-state index contributed by atoms with van der Waals surface area (Å²) in [5, 5.41) is 13.6. The maximum atomic E-state index is 8.06. The third kappa shape index (κ3) is 0.978. The Morgan fingerprint density at radius 3 is 3.12 bits per heavy atom. The molecule has 0 atom stereocenters. The van der Waals surface area contributed by atoms with Gasteiger partial charge in [0.1, 0.15) is 12.7 Å². The van der Waals surface area contributed by atoms with Crippen molar-refractivity contribution in [3.63, 3.8) is 0 Å². The molecule has 5 heteroatoms. The van der Waals surface area contributed by atoms with Crippen molar-refractivity contribution in [1.29, 1.82) is 5.26 Å². The third-order valence-corrected chi connectivity index (χ3v) is 0.989. The maximum Gasteiger partial charge on any atom is 0.157 e. The third-order valence-electron chi connectivity index (χ3n) is 0.532. The first-order valence-electron chi connectivity index (χ1n) is 1.84. The van der Waals surface area contributed by atoms with Gasteiger partial charge >= 0.3 is 0 Å². The number of hydrogen-bond acceptors (Lipinski definition) is 4. The Labute approximate surface area is 50.3 Å². The van der Waals surface area contributed by atoms with Crippen LogP contribution in [0.3, 0.4) is 0 Å². The molecule has 40 valence electrons. The maximum absolute atomic E-state index is 8.06. The van der Waals surface area contributed by atoms with Crippen molar-refractivity contribution in [3.05, 3.63) is 12.7 Å². The first-order valence-corrected chi connectivity index (χ1v) is 2.62. The van der Waals surface area contributed by atoms with Crippen LogP contribution in [-0.2, 0) is 0 Å². The van der Waals surface area contributed by atoms with Gasteiger partial charge in [-0.25, -0.2) is 4.98 Å². The molecule has 0 fully saturated rings. The number of hydrogen-bond donors (Lipinski definition) is 0. The summed E-state index contributed by atoms with van der Waals surface area (Å²) < 4.78 is 1.38. The van der Waals surface area contributed by atoms with Crippen molar-refractivity contribution >= 4 is 11.9 Å². The molecule has 0 amide bonds. The Morgan fingerprint density at radius 1 is 1.75 bits per heavy atom. The molecule has 0 aromatic carbocycles. The molecule has 4 nitrogen and oxygen atoms in total. The molecule has 1 aromatic rings. The minimum atomic E-state index is 0.931. The van der Waals surface area contributed by atoms with E-state index < -0.39 is 0 Å². The van der Waals surface area contributed by atoms with Crippen LogP contribution < -0.4 is 0 Å². The Bertz CT molecular complexity index is 186. The van der Waals surface area contributed by atoms with E-state index >= 15 is 0 Å². The molecule has 0 aliphatic rings. The van der Waals surface area contributed by atoms with Gasteiger partial charge < -0.3 is 0 Å². The molecule has 0 aliphatic heterocycles. The Kier molecular flexibility index (Phi) is 1.49. The van der Waals surface area contributed by atoms with Gasteiger partial charge in [0.25, 0.3) is 0 Å². The molecule has 8 heavy (non-hydrogen) atoms. The van der Waals surface area contributed by atoms with E-state index in [0.717, 1.165) is 11.9 Å². The summed E-state index contributed by atoms with van der Waals surface area (Å²) in [7, 11) is 0. The molecule has 1 rings (SSSR count). The van der Waals surface area contributed by atoms with Crippen molar-refractivity contribution < 1.29 is 0 Å². The zero-order valence-electron chi connectivity index (χ0n) is 3.85. The zero-order chi connectivity index (χ0) is 5.82. The van der Waals surface area contributed by atoms with Gasteiger partial charge in [-0.2, -0.15) is 9.35 Å². The van der Waals surface area contributed by atoms with Gasteiger partial charge in [-0.05, 0) is 0 Å². The predicted octanol–water partition coefficient (Wildman–Crippen LogP) is 0.255. The van der Waals surface area contributed by atoms with Crippen molar-refractivity contribution in [3.8, 4) is 5.40 Å². The van der Waals surface area contributed by atoms with Crippen molar-refractivity contribution in [2.75, 3.05) is 0 Å². The Hall–Kier alpha value is -1.02. The van der Waals surface area contributed by atoms with E-state index in [0.29, 0.717) is 0 Å². The molecule has 0 N–H and O–H groups in total. The monoisotopic (exact) mass is 126 g/mol. The number of rotatable bonds is 1. The minimum absolute atomic E-state index is 0.931. The Morgan fingerprint density at radius 2 is 2.62 bits per heavy atom. The summed E-state index contributed by atoms with van der Waals surface area (Å²) in [6.45, 7) is 0.